The van der Waals surface area contributed by atoms with Gasteiger partial charge in [0.2, 0.25) is 0 Å². The highest BCUT2D eigenvalue weighted by Crippen LogP contribution is 2.39. The van der Waals surface area contributed by atoms with Crippen molar-refractivity contribution in [3.63, 3.8) is 0 Å². The molecule has 2 aliphatic heterocycles. The number of benzene rings is 2. The van der Waals surface area contributed by atoms with Gasteiger partial charge in [0.15, 0.2) is 5.78 Å². The first-order valence-electron chi connectivity index (χ1n) is 8.83. The number of fused-ring (bicyclic) bond motifs is 2. The molecule has 3 heterocycles. The lowest BCUT2D eigenvalue weighted by Gasteiger charge is -2.34. The van der Waals surface area contributed by atoms with Crippen LogP contribution in [0.15, 0.2) is 48.5 Å². The number of hydrogen-bond donors (Lipinski definition) is 0. The summed E-state index contributed by atoms with van der Waals surface area (Å²) in [5.41, 5.74) is -0.0383. The molecule has 0 saturated carbocycles. The van der Waals surface area contributed by atoms with Gasteiger partial charge in [-0.3, -0.25) is 9.59 Å². The van der Waals surface area contributed by atoms with Crippen LogP contribution in [0.1, 0.15) is 32.9 Å². The zero-order chi connectivity index (χ0) is 18.6. The lowest BCUT2D eigenvalue weighted by Crippen LogP contribution is -2.45. The van der Waals surface area contributed by atoms with Crippen LogP contribution < -0.4 is 4.74 Å². The van der Waals surface area contributed by atoms with Crippen LogP contribution in [0.4, 0.5) is 4.39 Å². The molecule has 1 spiro atoms. The monoisotopic (exact) mass is 381 g/mol. The molecule has 1 saturated heterocycles. The summed E-state index contributed by atoms with van der Waals surface area (Å²) < 4.78 is 20.5. The molecule has 1 atom stereocenters. The molecule has 1 amide bonds. The average Bonchev–Trinajstić information content (AvgIpc) is 3.25. The molecule has 1 aromatic heterocycles. The Morgan fingerprint density at radius 2 is 2.04 bits per heavy atom. The third kappa shape index (κ3) is 2.72. The zero-order valence-electron chi connectivity index (χ0n) is 14.4. The summed E-state index contributed by atoms with van der Waals surface area (Å²) in [4.78, 5) is 27.8. The van der Waals surface area contributed by atoms with E-state index in [2.05, 4.69) is 0 Å². The van der Waals surface area contributed by atoms with Gasteiger partial charge in [-0.2, -0.15) is 0 Å². The maximum absolute atomic E-state index is 13.4. The Bertz CT molecular complexity index is 1090. The van der Waals surface area contributed by atoms with E-state index in [9.17, 15) is 14.0 Å². The first-order chi connectivity index (χ1) is 13.0. The Kier molecular flexibility index (Phi) is 3.59. The Morgan fingerprint density at radius 1 is 1.19 bits per heavy atom. The molecule has 0 aliphatic carbocycles. The topological polar surface area (TPSA) is 46.6 Å². The van der Waals surface area contributed by atoms with Gasteiger partial charge < -0.3 is 9.64 Å². The van der Waals surface area contributed by atoms with E-state index >= 15 is 0 Å². The number of para-hydroxylation sites is 1. The Balaban J connectivity index is 1.40. The number of likely N-dealkylation sites (tertiary alicyclic amines) is 1. The summed E-state index contributed by atoms with van der Waals surface area (Å²) in [5.74, 6) is 0.250. The second-order valence-corrected chi connectivity index (χ2v) is 8.23. The number of carbonyl (C=O) groups is 2. The van der Waals surface area contributed by atoms with Crippen LogP contribution >= 0.6 is 11.3 Å². The standard InChI is InChI=1S/C21H16FNO3S/c22-14-5-6-18-13(9-14)10-19(27-18)20(25)23-8-7-21(12-23)11-16(24)15-3-1-2-4-17(15)26-21/h1-6,9-10H,7-8,11-12H2. The Hall–Kier alpha value is -2.73. The highest BCUT2D eigenvalue weighted by Gasteiger charge is 2.47. The summed E-state index contributed by atoms with van der Waals surface area (Å²) in [7, 11) is 0. The maximum atomic E-state index is 13.4. The van der Waals surface area contributed by atoms with Crippen LogP contribution in [-0.4, -0.2) is 35.3 Å². The number of amides is 1. The molecular formula is C21H16FNO3S. The minimum absolute atomic E-state index is 0.0588. The molecule has 2 aliphatic rings. The molecule has 4 nitrogen and oxygen atoms in total. The lowest BCUT2D eigenvalue weighted by molar-refractivity contribution is 0.0429. The number of ether oxygens (including phenoxy) is 1. The number of thiophene rings is 1. The van der Waals surface area contributed by atoms with Crippen molar-refractivity contribution in [2.45, 2.75) is 18.4 Å². The molecular weight excluding hydrogens is 365 g/mol. The number of halogens is 1. The molecule has 0 radical (unpaired) electrons. The summed E-state index contributed by atoms with van der Waals surface area (Å²) in [6.45, 7) is 0.922. The van der Waals surface area contributed by atoms with Gasteiger partial charge in [0.25, 0.3) is 5.91 Å². The van der Waals surface area contributed by atoms with E-state index in [1.165, 1.54) is 23.5 Å². The number of Topliss-reactive ketones (excluding diaryl/α,β-unsaturated/α-hetero) is 1. The predicted octanol–water partition coefficient (Wildman–Crippen LogP) is 4.29. The summed E-state index contributed by atoms with van der Waals surface area (Å²) in [6, 6.07) is 13.5. The van der Waals surface area contributed by atoms with Crippen molar-refractivity contribution < 1.29 is 18.7 Å². The normalized spacial score (nSPS) is 21.5. The second-order valence-electron chi connectivity index (χ2n) is 7.15. The van der Waals surface area contributed by atoms with Gasteiger partial charge in [-0.1, -0.05) is 12.1 Å². The minimum atomic E-state index is -0.649. The number of rotatable bonds is 1. The van der Waals surface area contributed by atoms with Gasteiger partial charge in [-0.05, 0) is 41.8 Å². The third-order valence-electron chi connectivity index (χ3n) is 5.29. The van der Waals surface area contributed by atoms with Crippen LogP contribution in [0, 0.1) is 5.82 Å². The molecule has 1 unspecified atom stereocenters. The van der Waals surface area contributed by atoms with Crippen LogP contribution in [0.2, 0.25) is 0 Å². The van der Waals surface area contributed by atoms with E-state index in [4.69, 9.17) is 4.74 Å². The van der Waals surface area contributed by atoms with Crippen molar-refractivity contribution in [3.8, 4) is 5.75 Å². The molecule has 136 valence electrons. The first kappa shape index (κ1) is 16.4. The molecule has 0 bridgehead atoms. The molecule has 3 aromatic rings. The molecule has 0 N–H and O–H groups in total. The van der Waals surface area contributed by atoms with Crippen molar-refractivity contribution in [1.29, 1.82) is 0 Å². The van der Waals surface area contributed by atoms with Crippen LogP contribution in [-0.2, 0) is 0 Å². The van der Waals surface area contributed by atoms with Gasteiger partial charge in [0.05, 0.1) is 23.4 Å². The van der Waals surface area contributed by atoms with Gasteiger partial charge in [0.1, 0.15) is 17.2 Å². The number of nitrogens with zero attached hydrogens (tertiary/aromatic N) is 1. The van der Waals surface area contributed by atoms with Crippen molar-refractivity contribution in [3.05, 3.63) is 64.8 Å². The summed E-state index contributed by atoms with van der Waals surface area (Å²) in [6.07, 6.45) is 0.907. The van der Waals surface area contributed by atoms with Crippen molar-refractivity contribution >= 4 is 33.1 Å². The van der Waals surface area contributed by atoms with Crippen molar-refractivity contribution in [2.75, 3.05) is 13.1 Å². The summed E-state index contributed by atoms with van der Waals surface area (Å²) >= 11 is 1.36. The molecule has 1 fully saturated rings. The van der Waals surface area contributed by atoms with E-state index < -0.39 is 5.60 Å². The highest BCUT2D eigenvalue weighted by molar-refractivity contribution is 7.20. The minimum Gasteiger partial charge on any atom is -0.484 e. The van der Waals surface area contributed by atoms with Crippen LogP contribution in [0.3, 0.4) is 0 Å². The third-order valence-corrected chi connectivity index (χ3v) is 6.39. The van der Waals surface area contributed by atoms with E-state index in [1.54, 1.807) is 29.2 Å². The van der Waals surface area contributed by atoms with E-state index in [0.29, 0.717) is 35.7 Å². The largest absolute Gasteiger partial charge is 0.484 e. The molecule has 5 rings (SSSR count). The number of carbonyl (C=O) groups excluding carboxylic acids is 2. The van der Waals surface area contributed by atoms with Gasteiger partial charge in [-0.25, -0.2) is 4.39 Å². The zero-order valence-corrected chi connectivity index (χ0v) is 15.2. The highest BCUT2D eigenvalue weighted by atomic mass is 32.1. The second kappa shape index (κ2) is 5.89. The number of ketones is 1. The first-order valence-corrected chi connectivity index (χ1v) is 9.64. The molecule has 27 heavy (non-hydrogen) atoms. The Morgan fingerprint density at radius 3 is 2.93 bits per heavy atom. The predicted molar refractivity (Wildman–Crippen MR) is 101 cm³/mol. The fourth-order valence-corrected chi connectivity index (χ4v) is 4.98. The van der Waals surface area contributed by atoms with Gasteiger partial charge in [0, 0.05) is 17.7 Å². The fraction of sp³-hybridized carbons (Fsp3) is 0.238. The Labute approximate surface area is 159 Å². The van der Waals surface area contributed by atoms with Gasteiger partial charge >= 0.3 is 0 Å². The lowest BCUT2D eigenvalue weighted by atomic mass is 9.89. The average molecular weight is 381 g/mol. The molecule has 6 heteroatoms. The smallest absolute Gasteiger partial charge is 0.264 e. The van der Waals surface area contributed by atoms with E-state index in [0.717, 1.165) is 10.1 Å². The summed E-state index contributed by atoms with van der Waals surface area (Å²) in [5, 5.41) is 0.732. The number of hydrogen-bond acceptors (Lipinski definition) is 4. The van der Waals surface area contributed by atoms with E-state index in [-0.39, 0.29) is 23.9 Å². The van der Waals surface area contributed by atoms with Crippen molar-refractivity contribution in [2.24, 2.45) is 0 Å². The maximum Gasteiger partial charge on any atom is 0.264 e. The molecule has 2 aromatic carbocycles. The quantitative estimate of drug-likeness (QED) is 0.632. The van der Waals surface area contributed by atoms with Crippen molar-refractivity contribution in [1.82, 2.24) is 4.90 Å². The van der Waals surface area contributed by atoms with Gasteiger partial charge in [-0.15, -0.1) is 11.3 Å². The van der Waals surface area contributed by atoms with Crippen LogP contribution in [0.25, 0.3) is 10.1 Å². The SMILES string of the molecule is O=C1CC2(CCN(C(=O)c3cc4cc(F)ccc4s3)C2)Oc2ccccc21. The van der Waals surface area contributed by atoms with Crippen LogP contribution in [0.5, 0.6) is 5.75 Å². The fourth-order valence-electron chi connectivity index (χ4n) is 3.96. The van der Waals surface area contributed by atoms with E-state index in [1.807, 2.05) is 12.1 Å².